The van der Waals surface area contributed by atoms with E-state index in [1.165, 1.54) is 12.1 Å². The van der Waals surface area contributed by atoms with E-state index in [1.54, 1.807) is 41.3 Å². The van der Waals surface area contributed by atoms with Gasteiger partial charge in [0.1, 0.15) is 11.6 Å². The van der Waals surface area contributed by atoms with Crippen LogP contribution in [0.2, 0.25) is 5.02 Å². The predicted octanol–water partition coefficient (Wildman–Crippen LogP) is 5.53. The zero-order valence-electron chi connectivity index (χ0n) is 16.7. The summed E-state index contributed by atoms with van der Waals surface area (Å²) in [6, 6.07) is 12.1. The summed E-state index contributed by atoms with van der Waals surface area (Å²) in [6.45, 7) is 2.45. The van der Waals surface area contributed by atoms with Crippen LogP contribution >= 0.6 is 11.6 Å². The van der Waals surface area contributed by atoms with Crippen LogP contribution in [0.4, 0.5) is 27.5 Å². The van der Waals surface area contributed by atoms with E-state index < -0.39 is 5.82 Å². The second kappa shape index (κ2) is 8.47. The van der Waals surface area contributed by atoms with Crippen LogP contribution in [-0.2, 0) is 6.42 Å². The molecule has 0 saturated heterocycles. The smallest absolute Gasteiger partial charge is 0.229 e. The minimum absolute atomic E-state index is 0.278. The number of halogens is 2. The largest absolute Gasteiger partial charge is 0.324 e. The van der Waals surface area contributed by atoms with Crippen molar-refractivity contribution < 1.29 is 4.39 Å². The lowest BCUT2D eigenvalue weighted by Gasteiger charge is -2.21. The summed E-state index contributed by atoms with van der Waals surface area (Å²) in [5.41, 5.74) is 3.95. The molecule has 0 fully saturated rings. The van der Waals surface area contributed by atoms with Crippen molar-refractivity contribution in [1.29, 1.82) is 5.26 Å². The molecule has 1 aliphatic rings. The first kappa shape index (κ1) is 20.4. The number of benzene rings is 2. The summed E-state index contributed by atoms with van der Waals surface area (Å²) < 4.78 is 15.0. The maximum Gasteiger partial charge on any atom is 0.229 e. The van der Waals surface area contributed by atoms with Gasteiger partial charge < -0.3 is 10.2 Å². The number of nitrogens with zero attached hydrogens (tertiary/aromatic N) is 4. The molecule has 0 radical (unpaired) electrons. The Morgan fingerprint density at radius 3 is 2.71 bits per heavy atom. The van der Waals surface area contributed by atoms with Crippen molar-refractivity contribution in [1.82, 2.24) is 9.97 Å². The lowest BCUT2D eigenvalue weighted by molar-refractivity contribution is 0.625. The van der Waals surface area contributed by atoms with Crippen LogP contribution in [0, 0.1) is 36.4 Å². The molecular formula is C24H17ClFN5. The van der Waals surface area contributed by atoms with Gasteiger partial charge in [-0.1, -0.05) is 17.5 Å². The van der Waals surface area contributed by atoms with Crippen LogP contribution in [0.3, 0.4) is 0 Å². The van der Waals surface area contributed by atoms with Crippen molar-refractivity contribution in [2.75, 3.05) is 16.8 Å². The number of aryl methyl sites for hydroxylation is 1. The van der Waals surface area contributed by atoms with Gasteiger partial charge in [0, 0.05) is 23.5 Å². The van der Waals surface area contributed by atoms with Gasteiger partial charge in [0.2, 0.25) is 5.95 Å². The van der Waals surface area contributed by atoms with Crippen molar-refractivity contribution in [2.24, 2.45) is 0 Å². The zero-order chi connectivity index (χ0) is 22.0. The molecule has 0 unspecified atom stereocenters. The summed E-state index contributed by atoms with van der Waals surface area (Å²) in [5.74, 6) is 2.94. The van der Waals surface area contributed by atoms with E-state index in [0.717, 1.165) is 16.9 Å². The SMILES string of the molecule is C#C/C=C\c1cc(F)c(N2CCc3c(C)nc(Nc4ccc(C#N)cc4)nc32)c(Cl)c1. The highest BCUT2D eigenvalue weighted by molar-refractivity contribution is 6.33. The number of nitriles is 1. The standard InChI is InChI=1S/C24H17ClFN5/c1-3-4-5-17-12-20(25)22(21(26)13-17)31-11-10-19-15(2)28-24(30-23(19)31)29-18-8-6-16(14-27)7-9-18/h1,4-9,12-13H,10-11H2,2H3,(H,28,29,30)/b5-4-. The molecule has 4 rings (SSSR count). The number of anilines is 4. The summed E-state index contributed by atoms with van der Waals surface area (Å²) >= 11 is 6.45. The second-order valence-corrected chi connectivity index (χ2v) is 7.39. The van der Waals surface area contributed by atoms with E-state index in [0.29, 0.717) is 35.9 Å². The molecule has 7 heteroatoms. The highest BCUT2D eigenvalue weighted by atomic mass is 35.5. The van der Waals surface area contributed by atoms with Crippen molar-refractivity contribution >= 4 is 40.8 Å². The Balaban J connectivity index is 1.70. The minimum Gasteiger partial charge on any atom is -0.324 e. The molecule has 152 valence electrons. The monoisotopic (exact) mass is 429 g/mol. The summed E-state index contributed by atoms with van der Waals surface area (Å²) in [4.78, 5) is 10.9. The lowest BCUT2D eigenvalue weighted by atomic mass is 10.1. The molecule has 0 amide bonds. The van der Waals surface area contributed by atoms with Crippen LogP contribution < -0.4 is 10.2 Å². The van der Waals surface area contributed by atoms with E-state index in [-0.39, 0.29) is 10.7 Å². The molecule has 2 heterocycles. The van der Waals surface area contributed by atoms with E-state index >= 15 is 4.39 Å². The van der Waals surface area contributed by atoms with Gasteiger partial charge in [0.05, 0.1) is 22.3 Å². The Labute approximate surface area is 184 Å². The summed E-state index contributed by atoms with van der Waals surface area (Å²) in [7, 11) is 0. The quantitative estimate of drug-likeness (QED) is 0.552. The van der Waals surface area contributed by atoms with Crippen LogP contribution in [0.1, 0.15) is 22.4 Å². The molecule has 2 aromatic carbocycles. The molecule has 5 nitrogen and oxygen atoms in total. The van der Waals surface area contributed by atoms with Gasteiger partial charge in [-0.05, 0) is 67.5 Å². The van der Waals surface area contributed by atoms with E-state index in [9.17, 15) is 0 Å². The molecule has 1 aromatic heterocycles. The average Bonchev–Trinajstić information content (AvgIpc) is 3.16. The summed E-state index contributed by atoms with van der Waals surface area (Å²) in [6.07, 6.45) is 9.04. The molecule has 1 aliphatic heterocycles. The van der Waals surface area contributed by atoms with Crippen molar-refractivity contribution in [2.45, 2.75) is 13.3 Å². The van der Waals surface area contributed by atoms with E-state index in [1.807, 2.05) is 6.92 Å². The Hall–Kier alpha value is -3.87. The number of hydrogen-bond acceptors (Lipinski definition) is 5. The topological polar surface area (TPSA) is 64.8 Å². The Bertz CT molecular complexity index is 1250. The fraction of sp³-hybridized carbons (Fsp3) is 0.125. The molecule has 0 atom stereocenters. The summed E-state index contributed by atoms with van der Waals surface area (Å²) in [5, 5.41) is 12.4. The second-order valence-electron chi connectivity index (χ2n) is 6.98. The fourth-order valence-corrected chi connectivity index (χ4v) is 3.86. The molecule has 31 heavy (non-hydrogen) atoms. The third kappa shape index (κ3) is 4.07. The molecule has 0 aliphatic carbocycles. The molecule has 1 N–H and O–H groups in total. The first-order chi connectivity index (χ1) is 15.0. The molecule has 0 bridgehead atoms. The third-order valence-corrected chi connectivity index (χ3v) is 5.27. The number of hydrogen-bond donors (Lipinski definition) is 1. The van der Waals surface area contributed by atoms with E-state index in [2.05, 4.69) is 27.3 Å². The van der Waals surface area contributed by atoms with Crippen LogP contribution in [0.25, 0.3) is 6.08 Å². The Kier molecular flexibility index (Phi) is 5.58. The van der Waals surface area contributed by atoms with Crippen molar-refractivity contribution in [3.05, 3.63) is 75.7 Å². The molecule has 0 saturated carbocycles. The number of aromatic nitrogens is 2. The van der Waals surface area contributed by atoms with Gasteiger partial charge >= 0.3 is 0 Å². The van der Waals surface area contributed by atoms with Gasteiger partial charge in [-0.3, -0.25) is 0 Å². The van der Waals surface area contributed by atoms with Gasteiger partial charge in [-0.2, -0.15) is 10.2 Å². The molecular weight excluding hydrogens is 413 g/mol. The van der Waals surface area contributed by atoms with Gasteiger partial charge in [-0.15, -0.1) is 6.42 Å². The number of allylic oxidation sites excluding steroid dienone is 1. The number of rotatable bonds is 4. The minimum atomic E-state index is -0.449. The highest BCUT2D eigenvalue weighted by Gasteiger charge is 2.29. The molecule has 0 spiro atoms. The zero-order valence-corrected chi connectivity index (χ0v) is 17.4. The Morgan fingerprint density at radius 1 is 1.26 bits per heavy atom. The fourth-order valence-electron chi connectivity index (χ4n) is 3.54. The van der Waals surface area contributed by atoms with Crippen molar-refractivity contribution in [3.8, 4) is 18.4 Å². The maximum atomic E-state index is 15.0. The number of terminal acetylenes is 1. The van der Waals surface area contributed by atoms with Crippen molar-refractivity contribution in [3.63, 3.8) is 0 Å². The third-order valence-electron chi connectivity index (χ3n) is 4.98. The molecule has 3 aromatic rings. The highest BCUT2D eigenvalue weighted by Crippen LogP contribution is 2.40. The van der Waals surface area contributed by atoms with E-state index in [4.69, 9.17) is 23.3 Å². The van der Waals surface area contributed by atoms with Crippen LogP contribution in [-0.4, -0.2) is 16.5 Å². The lowest BCUT2D eigenvalue weighted by Crippen LogP contribution is -2.17. The van der Waals surface area contributed by atoms with Gasteiger partial charge in [-0.25, -0.2) is 9.37 Å². The number of nitrogens with one attached hydrogen (secondary N) is 1. The maximum absolute atomic E-state index is 15.0. The van der Waals surface area contributed by atoms with Crippen LogP contribution in [0.15, 0.2) is 42.5 Å². The first-order valence-electron chi connectivity index (χ1n) is 9.54. The number of fused-ring (bicyclic) bond motifs is 1. The average molecular weight is 430 g/mol. The van der Waals surface area contributed by atoms with Crippen LogP contribution in [0.5, 0.6) is 0 Å². The first-order valence-corrected chi connectivity index (χ1v) is 9.92. The van der Waals surface area contributed by atoms with Gasteiger partial charge in [0.25, 0.3) is 0 Å². The normalized spacial score (nSPS) is 12.5. The Morgan fingerprint density at radius 2 is 2.03 bits per heavy atom. The predicted molar refractivity (Wildman–Crippen MR) is 121 cm³/mol. The van der Waals surface area contributed by atoms with Gasteiger partial charge in [0.15, 0.2) is 0 Å².